The number of para-hydroxylation sites is 1. The molecular formula is C17H18ClNO2. The van der Waals surface area contributed by atoms with Crippen LogP contribution in [0.3, 0.4) is 0 Å². The molecular weight excluding hydrogens is 286 g/mol. The Kier molecular flexibility index (Phi) is 3.62. The first kappa shape index (κ1) is 14.3. The van der Waals surface area contributed by atoms with Gasteiger partial charge in [0.1, 0.15) is 0 Å². The van der Waals surface area contributed by atoms with E-state index in [9.17, 15) is 9.90 Å². The summed E-state index contributed by atoms with van der Waals surface area (Å²) in [4.78, 5) is 16.5. The van der Waals surface area contributed by atoms with E-state index in [2.05, 4.69) is 18.8 Å². The predicted molar refractivity (Wildman–Crippen MR) is 84.1 cm³/mol. The van der Waals surface area contributed by atoms with E-state index >= 15 is 0 Å². The number of hydrogen-bond acceptors (Lipinski definition) is 2. The third-order valence-electron chi connectivity index (χ3n) is 4.53. The first-order valence-electron chi connectivity index (χ1n) is 7.32. The number of aromatic nitrogens is 1. The molecule has 1 atom stereocenters. The molecule has 3 rings (SSSR count). The highest BCUT2D eigenvalue weighted by Crippen LogP contribution is 2.36. The van der Waals surface area contributed by atoms with E-state index in [1.807, 2.05) is 0 Å². The average molecular weight is 304 g/mol. The van der Waals surface area contributed by atoms with Crippen LogP contribution in [0.2, 0.25) is 5.02 Å². The van der Waals surface area contributed by atoms with Crippen LogP contribution in [0.15, 0.2) is 18.2 Å². The van der Waals surface area contributed by atoms with E-state index in [0.29, 0.717) is 33.3 Å². The molecule has 1 heterocycles. The van der Waals surface area contributed by atoms with Crippen LogP contribution in [0.25, 0.3) is 10.9 Å². The maximum atomic E-state index is 11.8. The Bertz CT molecular complexity index is 724. The summed E-state index contributed by atoms with van der Waals surface area (Å²) >= 11 is 6.20. The van der Waals surface area contributed by atoms with Gasteiger partial charge in [0.05, 0.1) is 16.1 Å². The number of fused-ring (bicyclic) bond motifs is 2. The summed E-state index contributed by atoms with van der Waals surface area (Å²) in [6, 6.07) is 5.35. The van der Waals surface area contributed by atoms with E-state index in [0.717, 1.165) is 30.5 Å². The zero-order chi connectivity index (χ0) is 15.1. The van der Waals surface area contributed by atoms with Gasteiger partial charge >= 0.3 is 5.97 Å². The second-order valence-corrected chi connectivity index (χ2v) is 6.51. The number of rotatable bonds is 2. The molecule has 0 aliphatic heterocycles. The van der Waals surface area contributed by atoms with Crippen molar-refractivity contribution in [3.63, 3.8) is 0 Å². The number of carbonyl (C=O) groups is 1. The van der Waals surface area contributed by atoms with Crippen molar-refractivity contribution in [2.45, 2.75) is 33.1 Å². The third kappa shape index (κ3) is 2.40. The van der Waals surface area contributed by atoms with Crippen molar-refractivity contribution in [1.82, 2.24) is 4.98 Å². The molecule has 4 heteroatoms. The number of nitrogens with zero attached hydrogens (tertiary/aromatic N) is 1. The smallest absolute Gasteiger partial charge is 0.336 e. The molecule has 21 heavy (non-hydrogen) atoms. The Morgan fingerprint density at radius 3 is 2.86 bits per heavy atom. The maximum absolute atomic E-state index is 11.8. The molecule has 0 amide bonds. The van der Waals surface area contributed by atoms with E-state index in [1.54, 1.807) is 18.2 Å². The standard InChI is InChI=1S/C17H18ClNO2/c1-9(2)10-6-7-14-12(8-10)15(17(20)21)11-4-3-5-13(18)16(11)19-14/h3-5,9-10H,6-8H2,1-2H3,(H,20,21). The van der Waals surface area contributed by atoms with Crippen LogP contribution in [0, 0.1) is 11.8 Å². The Labute approximate surface area is 129 Å². The van der Waals surface area contributed by atoms with Gasteiger partial charge in [0.25, 0.3) is 0 Å². The molecule has 0 spiro atoms. The number of aromatic carboxylic acids is 1. The minimum atomic E-state index is -0.884. The lowest BCUT2D eigenvalue weighted by Gasteiger charge is -2.28. The topological polar surface area (TPSA) is 50.2 Å². The highest BCUT2D eigenvalue weighted by molar-refractivity contribution is 6.35. The maximum Gasteiger partial charge on any atom is 0.336 e. The molecule has 1 N–H and O–H groups in total. The molecule has 1 unspecified atom stereocenters. The molecule has 0 saturated carbocycles. The lowest BCUT2D eigenvalue weighted by atomic mass is 9.78. The molecule has 0 fully saturated rings. The molecule has 1 aliphatic rings. The molecule has 1 aromatic carbocycles. The fraction of sp³-hybridized carbons (Fsp3) is 0.412. The Morgan fingerprint density at radius 2 is 2.19 bits per heavy atom. The monoisotopic (exact) mass is 303 g/mol. The zero-order valence-corrected chi connectivity index (χ0v) is 12.9. The van der Waals surface area contributed by atoms with Crippen LogP contribution < -0.4 is 0 Å². The minimum absolute atomic E-state index is 0.392. The van der Waals surface area contributed by atoms with Crippen molar-refractivity contribution in [1.29, 1.82) is 0 Å². The number of benzene rings is 1. The van der Waals surface area contributed by atoms with Crippen molar-refractivity contribution in [2.24, 2.45) is 11.8 Å². The number of hydrogen-bond donors (Lipinski definition) is 1. The first-order valence-corrected chi connectivity index (χ1v) is 7.70. The van der Waals surface area contributed by atoms with Gasteiger partial charge in [-0.05, 0) is 42.7 Å². The quantitative estimate of drug-likeness (QED) is 0.897. The average Bonchev–Trinajstić information content (AvgIpc) is 2.44. The molecule has 110 valence electrons. The third-order valence-corrected chi connectivity index (χ3v) is 4.83. The van der Waals surface area contributed by atoms with Gasteiger partial charge in [0, 0.05) is 11.1 Å². The van der Waals surface area contributed by atoms with E-state index in [1.165, 1.54) is 0 Å². The van der Waals surface area contributed by atoms with E-state index < -0.39 is 5.97 Å². The number of halogens is 1. The van der Waals surface area contributed by atoms with Crippen LogP contribution in [0.1, 0.15) is 41.9 Å². The molecule has 1 aliphatic carbocycles. The normalized spacial score (nSPS) is 18.0. The van der Waals surface area contributed by atoms with Crippen LogP contribution in [-0.2, 0) is 12.8 Å². The van der Waals surface area contributed by atoms with Crippen molar-refractivity contribution >= 4 is 28.5 Å². The van der Waals surface area contributed by atoms with Crippen molar-refractivity contribution in [3.8, 4) is 0 Å². The van der Waals surface area contributed by atoms with Crippen LogP contribution in [0.5, 0.6) is 0 Å². The summed E-state index contributed by atoms with van der Waals surface area (Å²) in [6.45, 7) is 4.39. The van der Waals surface area contributed by atoms with Crippen molar-refractivity contribution < 1.29 is 9.90 Å². The molecule has 0 bridgehead atoms. The SMILES string of the molecule is CC(C)C1CCc2nc3c(Cl)cccc3c(C(=O)O)c2C1. The second kappa shape index (κ2) is 5.30. The van der Waals surface area contributed by atoms with E-state index in [-0.39, 0.29) is 0 Å². The largest absolute Gasteiger partial charge is 0.478 e. The van der Waals surface area contributed by atoms with Crippen LogP contribution in [-0.4, -0.2) is 16.1 Å². The highest BCUT2D eigenvalue weighted by atomic mass is 35.5. The van der Waals surface area contributed by atoms with Gasteiger partial charge in [-0.3, -0.25) is 4.98 Å². The molecule has 3 nitrogen and oxygen atoms in total. The molecule has 0 radical (unpaired) electrons. The lowest BCUT2D eigenvalue weighted by Crippen LogP contribution is -2.23. The van der Waals surface area contributed by atoms with Gasteiger partial charge in [-0.2, -0.15) is 0 Å². The number of aryl methyl sites for hydroxylation is 1. The number of carboxylic acid groups (broad SMARTS) is 1. The predicted octanol–water partition coefficient (Wildman–Crippen LogP) is 4.35. The Hall–Kier alpha value is -1.61. The van der Waals surface area contributed by atoms with Crippen LogP contribution >= 0.6 is 11.6 Å². The summed E-state index contributed by atoms with van der Waals surface area (Å²) in [5.41, 5.74) is 2.81. The fourth-order valence-electron chi connectivity index (χ4n) is 3.27. The van der Waals surface area contributed by atoms with Gasteiger partial charge in [0.2, 0.25) is 0 Å². The summed E-state index contributed by atoms with van der Waals surface area (Å²) < 4.78 is 0. The lowest BCUT2D eigenvalue weighted by molar-refractivity contribution is 0.0696. The minimum Gasteiger partial charge on any atom is -0.478 e. The van der Waals surface area contributed by atoms with Gasteiger partial charge in [-0.15, -0.1) is 0 Å². The van der Waals surface area contributed by atoms with Gasteiger partial charge < -0.3 is 5.11 Å². The number of carboxylic acids is 1. The second-order valence-electron chi connectivity index (χ2n) is 6.10. The van der Waals surface area contributed by atoms with Crippen molar-refractivity contribution in [3.05, 3.63) is 40.0 Å². The summed E-state index contributed by atoms with van der Waals surface area (Å²) in [5, 5.41) is 10.9. The summed E-state index contributed by atoms with van der Waals surface area (Å²) in [7, 11) is 0. The first-order chi connectivity index (χ1) is 9.99. The van der Waals surface area contributed by atoms with Gasteiger partial charge in [0.15, 0.2) is 0 Å². The van der Waals surface area contributed by atoms with E-state index in [4.69, 9.17) is 11.6 Å². The van der Waals surface area contributed by atoms with Gasteiger partial charge in [-0.25, -0.2) is 4.79 Å². The summed E-state index contributed by atoms with van der Waals surface area (Å²) in [5.74, 6) is 0.189. The fourth-order valence-corrected chi connectivity index (χ4v) is 3.48. The van der Waals surface area contributed by atoms with Crippen LogP contribution in [0.4, 0.5) is 0 Å². The zero-order valence-electron chi connectivity index (χ0n) is 12.2. The molecule has 1 aromatic heterocycles. The van der Waals surface area contributed by atoms with Crippen molar-refractivity contribution in [2.75, 3.05) is 0 Å². The highest BCUT2D eigenvalue weighted by Gasteiger charge is 2.28. The summed E-state index contributed by atoms with van der Waals surface area (Å²) in [6.07, 6.45) is 2.69. The number of pyridine rings is 1. The Balaban J connectivity index is 2.28. The Morgan fingerprint density at radius 1 is 1.43 bits per heavy atom. The van der Waals surface area contributed by atoms with Gasteiger partial charge in [-0.1, -0.05) is 37.6 Å². The molecule has 2 aromatic rings. The molecule has 0 saturated heterocycles.